The number of aromatic nitrogens is 1. The fourth-order valence-corrected chi connectivity index (χ4v) is 5.29. The maximum atomic E-state index is 8.81. The van der Waals surface area contributed by atoms with Crippen LogP contribution in [0.15, 0.2) is 36.5 Å². The summed E-state index contributed by atoms with van der Waals surface area (Å²) in [5.41, 5.74) is 1.91. The molecule has 0 amide bonds. The Morgan fingerprint density at radius 3 is 2.27 bits per heavy atom. The average Bonchev–Trinajstić information content (AvgIpc) is 2.51. The van der Waals surface area contributed by atoms with Gasteiger partial charge < -0.3 is 0 Å². The summed E-state index contributed by atoms with van der Waals surface area (Å²) < 4.78 is 41.2. The fourth-order valence-electron chi connectivity index (χ4n) is 2.36. The first-order valence-corrected chi connectivity index (χ1v) is 15.0. The average molecular weight is 361 g/mol. The summed E-state index contributed by atoms with van der Waals surface area (Å²) in [5, 5.41) is 0. The summed E-state index contributed by atoms with van der Waals surface area (Å²) in [6.45, 7) is 3.61. The SMILES string of the molecule is [2H]C([2H])([2H])c1ccc(-c2cc(C([2H])([2H])C(C)(C)C)[c]([Ge]([CH3])([CH3])[CH3])cn2)cc1. The second kappa shape index (κ2) is 6.19. The number of benzene rings is 1. The van der Waals surface area contributed by atoms with Gasteiger partial charge in [0.15, 0.2) is 0 Å². The van der Waals surface area contributed by atoms with Crippen LogP contribution in [0.25, 0.3) is 11.3 Å². The van der Waals surface area contributed by atoms with E-state index in [2.05, 4.69) is 22.3 Å². The van der Waals surface area contributed by atoms with Crippen LogP contribution in [0, 0.1) is 12.3 Å². The summed E-state index contributed by atoms with van der Waals surface area (Å²) in [6, 6.07) is 8.55. The molecule has 0 saturated carbocycles. The number of hydrogen-bond donors (Lipinski definition) is 0. The molecule has 0 fully saturated rings. The van der Waals surface area contributed by atoms with Gasteiger partial charge in [-0.3, -0.25) is 0 Å². The fraction of sp³-hybridized carbons (Fsp3) is 0.450. The number of pyridine rings is 1. The van der Waals surface area contributed by atoms with E-state index < -0.39 is 31.9 Å². The molecule has 1 aromatic carbocycles. The Morgan fingerprint density at radius 2 is 1.77 bits per heavy atom. The van der Waals surface area contributed by atoms with Crippen molar-refractivity contribution in [2.75, 3.05) is 0 Å². The second-order valence-electron chi connectivity index (χ2n) is 7.82. The summed E-state index contributed by atoms with van der Waals surface area (Å²) in [7, 11) is 0. The zero-order chi connectivity index (χ0) is 20.8. The maximum absolute atomic E-state index is 8.81. The first kappa shape index (κ1) is 11.4. The van der Waals surface area contributed by atoms with E-state index in [9.17, 15) is 0 Å². The third-order valence-electron chi connectivity index (χ3n) is 3.40. The van der Waals surface area contributed by atoms with Crippen molar-refractivity contribution in [1.29, 1.82) is 0 Å². The van der Waals surface area contributed by atoms with Crippen molar-refractivity contribution in [1.82, 2.24) is 4.98 Å². The normalized spacial score (nSPS) is 17.1. The predicted molar refractivity (Wildman–Crippen MR) is 101 cm³/mol. The quantitative estimate of drug-likeness (QED) is 0.686. The molecule has 0 radical (unpaired) electrons. The summed E-state index contributed by atoms with van der Waals surface area (Å²) in [5.74, 6) is 6.72. The van der Waals surface area contributed by atoms with Crippen LogP contribution in [0.4, 0.5) is 0 Å². The van der Waals surface area contributed by atoms with Crippen molar-refractivity contribution in [3.8, 4) is 11.3 Å². The van der Waals surface area contributed by atoms with Gasteiger partial charge in [0.25, 0.3) is 0 Å². The van der Waals surface area contributed by atoms with Gasteiger partial charge in [0, 0.05) is 0 Å². The molecule has 1 nitrogen and oxygen atoms in total. The molecule has 2 rings (SSSR count). The van der Waals surface area contributed by atoms with E-state index in [4.69, 9.17) is 6.85 Å². The Morgan fingerprint density at radius 1 is 1.14 bits per heavy atom. The molecule has 0 atom stereocenters. The third kappa shape index (κ3) is 4.45. The van der Waals surface area contributed by atoms with Crippen LogP contribution in [-0.4, -0.2) is 18.3 Å². The van der Waals surface area contributed by atoms with Gasteiger partial charge in [-0.1, -0.05) is 0 Å². The van der Waals surface area contributed by atoms with Gasteiger partial charge in [-0.15, -0.1) is 0 Å². The van der Waals surface area contributed by atoms with Crippen molar-refractivity contribution in [2.24, 2.45) is 5.41 Å². The summed E-state index contributed by atoms with van der Waals surface area (Å²) in [6.07, 6.45) is 0.336. The van der Waals surface area contributed by atoms with E-state index in [0.29, 0.717) is 11.3 Å². The number of rotatable bonds is 3. The Balaban J connectivity index is 2.63. The summed E-state index contributed by atoms with van der Waals surface area (Å²) in [4.78, 5) is 4.60. The van der Waals surface area contributed by atoms with Crippen LogP contribution in [0.5, 0.6) is 0 Å². The molecule has 0 aliphatic rings. The summed E-state index contributed by atoms with van der Waals surface area (Å²) >= 11 is -2.35. The van der Waals surface area contributed by atoms with E-state index in [0.717, 1.165) is 9.96 Å². The molecule has 0 aliphatic heterocycles. The van der Waals surface area contributed by atoms with Gasteiger partial charge in [-0.05, 0) is 0 Å². The van der Waals surface area contributed by atoms with Crippen molar-refractivity contribution < 1.29 is 6.85 Å². The standard InChI is InChI=1S/C20H29GeN/c1-15-8-10-16(11-9-15)19-12-17(13-20(2,3)4)18(14-22-19)21(5,6)7/h8-12,14H,13H2,1-7H3/i1D3,13D2. The van der Waals surface area contributed by atoms with Crippen molar-refractivity contribution in [2.45, 2.75) is 51.3 Å². The molecule has 0 spiro atoms. The molecule has 2 aromatic rings. The molecule has 1 aromatic heterocycles. The van der Waals surface area contributed by atoms with Gasteiger partial charge in [-0.25, -0.2) is 0 Å². The molecular weight excluding hydrogens is 327 g/mol. The Bertz CT molecular complexity index is 812. The molecule has 118 valence electrons. The zero-order valence-corrected chi connectivity index (χ0v) is 16.5. The van der Waals surface area contributed by atoms with Crippen molar-refractivity contribution in [3.63, 3.8) is 0 Å². The molecule has 0 bridgehead atoms. The first-order valence-electron chi connectivity index (χ1n) is 10.2. The van der Waals surface area contributed by atoms with E-state index in [1.165, 1.54) is 0 Å². The second-order valence-corrected chi connectivity index (χ2v) is 18.4. The van der Waals surface area contributed by atoms with Gasteiger partial charge in [0.2, 0.25) is 0 Å². The van der Waals surface area contributed by atoms with Gasteiger partial charge >= 0.3 is 145 Å². The topological polar surface area (TPSA) is 12.9 Å². The Kier molecular flexibility index (Phi) is 3.22. The van der Waals surface area contributed by atoms with Gasteiger partial charge in [0.05, 0.1) is 0 Å². The van der Waals surface area contributed by atoms with Crippen LogP contribution in [0.1, 0.15) is 38.8 Å². The molecule has 1 heterocycles. The molecule has 2 heteroatoms. The van der Waals surface area contributed by atoms with E-state index in [-0.39, 0.29) is 5.56 Å². The minimum atomic E-state index is -2.35. The third-order valence-corrected chi connectivity index (χ3v) is 7.63. The Labute approximate surface area is 145 Å². The molecule has 22 heavy (non-hydrogen) atoms. The zero-order valence-electron chi connectivity index (χ0n) is 19.4. The van der Waals surface area contributed by atoms with Crippen molar-refractivity contribution >= 4 is 17.7 Å². The molecule has 0 N–H and O–H groups in total. The van der Waals surface area contributed by atoms with E-state index >= 15 is 0 Å². The van der Waals surface area contributed by atoms with E-state index in [1.54, 1.807) is 24.3 Å². The van der Waals surface area contributed by atoms with Gasteiger partial charge in [0.1, 0.15) is 0 Å². The molecule has 0 saturated heterocycles. The monoisotopic (exact) mass is 362 g/mol. The number of nitrogens with zero attached hydrogens (tertiary/aromatic N) is 1. The predicted octanol–water partition coefficient (Wildman–Crippen LogP) is 5.19. The van der Waals surface area contributed by atoms with Crippen LogP contribution < -0.4 is 4.40 Å². The van der Waals surface area contributed by atoms with Crippen LogP contribution in [0.2, 0.25) is 17.3 Å². The minimum absolute atomic E-state index is 0.290. The molecule has 0 aliphatic carbocycles. The molecule has 0 unspecified atom stereocenters. The van der Waals surface area contributed by atoms with Gasteiger partial charge in [-0.2, -0.15) is 0 Å². The Hall–Kier alpha value is -1.09. The first-order chi connectivity index (χ1) is 12.0. The number of aryl methyl sites for hydroxylation is 1. The van der Waals surface area contributed by atoms with E-state index in [1.807, 2.05) is 33.0 Å². The van der Waals surface area contributed by atoms with Crippen molar-refractivity contribution in [3.05, 3.63) is 47.7 Å². The number of hydrogen-bond acceptors (Lipinski definition) is 1. The van der Waals surface area contributed by atoms with Crippen LogP contribution in [0.3, 0.4) is 0 Å². The molecular formula is C20H29GeN. The van der Waals surface area contributed by atoms with Crippen LogP contribution >= 0.6 is 0 Å². The van der Waals surface area contributed by atoms with Crippen LogP contribution in [-0.2, 0) is 6.37 Å².